The number of carbonyl (C=O) groups excluding carboxylic acids is 2. The van der Waals surface area contributed by atoms with Crippen molar-refractivity contribution in [2.45, 2.75) is 13.0 Å². The van der Waals surface area contributed by atoms with Crippen LogP contribution in [0.2, 0.25) is 10.0 Å². The summed E-state index contributed by atoms with van der Waals surface area (Å²) in [6.07, 6.45) is -1.13. The van der Waals surface area contributed by atoms with Gasteiger partial charge in [-0.15, -0.1) is 0 Å². The molecule has 0 bridgehead atoms. The van der Waals surface area contributed by atoms with Crippen molar-refractivity contribution in [2.75, 3.05) is 11.1 Å². The topological polar surface area (TPSA) is 81.4 Å². The van der Waals surface area contributed by atoms with E-state index in [2.05, 4.69) is 5.32 Å². The molecule has 8 heteroatoms. The van der Waals surface area contributed by atoms with Crippen molar-refractivity contribution in [2.24, 2.45) is 0 Å². The van der Waals surface area contributed by atoms with Crippen molar-refractivity contribution in [1.29, 1.82) is 0 Å². The second-order valence-corrected chi connectivity index (χ2v) is 5.65. The van der Waals surface area contributed by atoms with Gasteiger partial charge in [0.25, 0.3) is 5.91 Å². The minimum absolute atomic E-state index is 0.0307. The highest BCUT2D eigenvalue weighted by Gasteiger charge is 2.21. The Kier molecular flexibility index (Phi) is 5.64. The molecule has 0 aliphatic rings. The van der Waals surface area contributed by atoms with Gasteiger partial charge in [-0.3, -0.25) is 4.79 Å². The van der Waals surface area contributed by atoms with E-state index < -0.39 is 23.8 Å². The Balaban J connectivity index is 2.06. The van der Waals surface area contributed by atoms with Gasteiger partial charge in [-0.05, 0) is 37.3 Å². The SMILES string of the molecule is CC(OC(=O)c1ccc(F)cc1N)C(=O)Nc1cccc(Cl)c1Cl. The normalized spacial score (nSPS) is 11.7. The van der Waals surface area contributed by atoms with E-state index in [9.17, 15) is 14.0 Å². The number of carbonyl (C=O) groups is 2. The molecule has 2 aromatic carbocycles. The van der Waals surface area contributed by atoms with Crippen molar-refractivity contribution >= 4 is 46.5 Å². The van der Waals surface area contributed by atoms with Crippen molar-refractivity contribution < 1.29 is 18.7 Å². The fraction of sp³-hybridized carbons (Fsp3) is 0.125. The standard InChI is InChI=1S/C16H13Cl2FN2O3/c1-8(15(22)21-13-4-2-3-11(17)14(13)18)24-16(23)10-6-5-9(19)7-12(10)20/h2-8H,20H2,1H3,(H,21,22). The van der Waals surface area contributed by atoms with Crippen LogP contribution in [0.5, 0.6) is 0 Å². The first-order chi connectivity index (χ1) is 11.3. The smallest absolute Gasteiger partial charge is 0.341 e. The third-order valence-corrected chi connectivity index (χ3v) is 3.91. The van der Waals surface area contributed by atoms with E-state index >= 15 is 0 Å². The predicted octanol–water partition coefficient (Wildman–Crippen LogP) is 3.90. The molecule has 5 nitrogen and oxygen atoms in total. The molecule has 0 radical (unpaired) electrons. The Bertz CT molecular complexity index is 799. The van der Waals surface area contributed by atoms with Crippen LogP contribution in [-0.4, -0.2) is 18.0 Å². The summed E-state index contributed by atoms with van der Waals surface area (Å²) < 4.78 is 18.0. The maximum Gasteiger partial charge on any atom is 0.341 e. The van der Waals surface area contributed by atoms with E-state index in [-0.39, 0.29) is 21.3 Å². The number of ether oxygens (including phenoxy) is 1. The van der Waals surface area contributed by atoms with Crippen molar-refractivity contribution in [3.8, 4) is 0 Å². The summed E-state index contributed by atoms with van der Waals surface area (Å²) >= 11 is 11.8. The van der Waals surface area contributed by atoms with Crippen LogP contribution in [0.1, 0.15) is 17.3 Å². The lowest BCUT2D eigenvalue weighted by Crippen LogP contribution is -2.30. The molecule has 0 spiro atoms. The second kappa shape index (κ2) is 7.51. The number of nitrogen functional groups attached to an aromatic ring is 1. The van der Waals surface area contributed by atoms with Gasteiger partial charge in [0, 0.05) is 5.69 Å². The number of rotatable bonds is 4. The van der Waals surface area contributed by atoms with E-state index in [4.69, 9.17) is 33.7 Å². The number of esters is 1. The number of hydrogen-bond donors (Lipinski definition) is 2. The zero-order valence-electron chi connectivity index (χ0n) is 12.5. The van der Waals surface area contributed by atoms with Gasteiger partial charge in [0.1, 0.15) is 5.82 Å². The predicted molar refractivity (Wildman–Crippen MR) is 90.8 cm³/mol. The van der Waals surface area contributed by atoms with Gasteiger partial charge in [0.2, 0.25) is 0 Å². The molecule has 0 heterocycles. The monoisotopic (exact) mass is 370 g/mol. The summed E-state index contributed by atoms with van der Waals surface area (Å²) in [5, 5.41) is 2.96. The highest BCUT2D eigenvalue weighted by molar-refractivity contribution is 6.44. The molecule has 0 fully saturated rings. The molecule has 0 saturated heterocycles. The molecule has 2 rings (SSSR count). The Labute approximate surface area is 147 Å². The summed E-state index contributed by atoms with van der Waals surface area (Å²) in [7, 11) is 0. The molecular formula is C16H13Cl2FN2O3. The Morgan fingerprint density at radius 2 is 1.96 bits per heavy atom. The molecule has 3 N–H and O–H groups in total. The van der Waals surface area contributed by atoms with E-state index in [0.29, 0.717) is 5.69 Å². The van der Waals surface area contributed by atoms with Crippen LogP contribution in [-0.2, 0) is 9.53 Å². The average molecular weight is 371 g/mol. The van der Waals surface area contributed by atoms with E-state index in [1.54, 1.807) is 18.2 Å². The molecule has 2 aromatic rings. The molecule has 24 heavy (non-hydrogen) atoms. The summed E-state index contributed by atoms with van der Waals surface area (Å²) in [5.74, 6) is -2.02. The van der Waals surface area contributed by atoms with Crippen molar-refractivity contribution in [1.82, 2.24) is 0 Å². The molecule has 0 saturated carbocycles. The molecule has 126 valence electrons. The summed E-state index contributed by atoms with van der Waals surface area (Å²) in [4.78, 5) is 24.1. The van der Waals surface area contributed by atoms with Crippen LogP contribution in [0.4, 0.5) is 15.8 Å². The van der Waals surface area contributed by atoms with Gasteiger partial charge in [-0.2, -0.15) is 0 Å². The van der Waals surface area contributed by atoms with Crippen LogP contribution < -0.4 is 11.1 Å². The fourth-order valence-electron chi connectivity index (χ4n) is 1.83. The van der Waals surface area contributed by atoms with Crippen molar-refractivity contribution in [3.63, 3.8) is 0 Å². The minimum atomic E-state index is -1.13. The molecule has 1 atom stereocenters. The lowest BCUT2D eigenvalue weighted by Gasteiger charge is -2.15. The third-order valence-electron chi connectivity index (χ3n) is 3.10. The van der Waals surface area contributed by atoms with Gasteiger partial charge in [0.05, 0.1) is 21.3 Å². The molecule has 1 amide bonds. The first kappa shape index (κ1) is 18.0. The summed E-state index contributed by atoms with van der Waals surface area (Å²) in [5.41, 5.74) is 5.74. The molecule has 1 unspecified atom stereocenters. The van der Waals surface area contributed by atoms with Gasteiger partial charge >= 0.3 is 5.97 Å². The van der Waals surface area contributed by atoms with E-state index in [1.807, 2.05) is 0 Å². The zero-order chi connectivity index (χ0) is 17.9. The number of benzene rings is 2. The number of hydrogen-bond acceptors (Lipinski definition) is 4. The van der Waals surface area contributed by atoms with Crippen LogP contribution in [0.25, 0.3) is 0 Å². The van der Waals surface area contributed by atoms with Gasteiger partial charge in [-0.1, -0.05) is 29.3 Å². The Hall–Kier alpha value is -2.31. The number of anilines is 2. The first-order valence-electron chi connectivity index (χ1n) is 6.80. The Morgan fingerprint density at radius 3 is 2.62 bits per heavy atom. The lowest BCUT2D eigenvalue weighted by molar-refractivity contribution is -0.123. The highest BCUT2D eigenvalue weighted by Crippen LogP contribution is 2.29. The first-order valence-corrected chi connectivity index (χ1v) is 7.56. The molecule has 0 aliphatic heterocycles. The summed E-state index contributed by atoms with van der Waals surface area (Å²) in [6.45, 7) is 1.38. The number of nitrogens with one attached hydrogen (secondary N) is 1. The maximum absolute atomic E-state index is 13.0. The van der Waals surface area contributed by atoms with Crippen LogP contribution in [0.3, 0.4) is 0 Å². The summed E-state index contributed by atoms with van der Waals surface area (Å²) in [6, 6.07) is 7.99. The maximum atomic E-state index is 13.0. The Morgan fingerprint density at radius 1 is 1.25 bits per heavy atom. The van der Waals surface area contributed by atoms with Gasteiger partial charge in [-0.25, -0.2) is 9.18 Å². The third kappa shape index (κ3) is 4.15. The van der Waals surface area contributed by atoms with Crippen LogP contribution in [0.15, 0.2) is 36.4 Å². The molecule has 0 aromatic heterocycles. The van der Waals surface area contributed by atoms with Crippen molar-refractivity contribution in [3.05, 3.63) is 57.8 Å². The lowest BCUT2D eigenvalue weighted by atomic mass is 10.2. The average Bonchev–Trinajstić information content (AvgIpc) is 2.51. The fourth-order valence-corrected chi connectivity index (χ4v) is 2.18. The van der Waals surface area contributed by atoms with Crippen LogP contribution in [0, 0.1) is 5.82 Å². The van der Waals surface area contributed by atoms with Gasteiger partial charge < -0.3 is 15.8 Å². The quantitative estimate of drug-likeness (QED) is 0.631. The van der Waals surface area contributed by atoms with Crippen LogP contribution >= 0.6 is 23.2 Å². The number of amides is 1. The number of nitrogens with two attached hydrogens (primary N) is 1. The highest BCUT2D eigenvalue weighted by atomic mass is 35.5. The van der Waals surface area contributed by atoms with Gasteiger partial charge in [0.15, 0.2) is 6.10 Å². The number of halogens is 3. The van der Waals surface area contributed by atoms with E-state index in [0.717, 1.165) is 12.1 Å². The molecular weight excluding hydrogens is 358 g/mol. The molecule has 0 aliphatic carbocycles. The minimum Gasteiger partial charge on any atom is -0.449 e. The largest absolute Gasteiger partial charge is 0.449 e. The van der Waals surface area contributed by atoms with E-state index in [1.165, 1.54) is 13.0 Å². The zero-order valence-corrected chi connectivity index (χ0v) is 14.0. The second-order valence-electron chi connectivity index (χ2n) is 4.87.